The van der Waals surface area contributed by atoms with Crippen molar-refractivity contribution in [1.29, 1.82) is 0 Å². The highest BCUT2D eigenvalue weighted by Crippen LogP contribution is 2.24. The number of ether oxygens (including phenoxy) is 2. The predicted molar refractivity (Wildman–Crippen MR) is 80.1 cm³/mol. The lowest BCUT2D eigenvalue weighted by Crippen LogP contribution is -2.04. The molecule has 22 heavy (non-hydrogen) atoms. The van der Waals surface area contributed by atoms with Crippen LogP contribution in [0.4, 0.5) is 0 Å². The van der Waals surface area contributed by atoms with Gasteiger partial charge in [0, 0.05) is 5.56 Å². The van der Waals surface area contributed by atoms with E-state index in [1.807, 2.05) is 12.1 Å². The van der Waals surface area contributed by atoms with E-state index in [1.165, 1.54) is 6.26 Å². The van der Waals surface area contributed by atoms with Crippen molar-refractivity contribution in [3.05, 3.63) is 59.7 Å². The van der Waals surface area contributed by atoms with Crippen molar-refractivity contribution < 1.29 is 18.7 Å². The van der Waals surface area contributed by atoms with Crippen LogP contribution in [0.2, 0.25) is 0 Å². The van der Waals surface area contributed by atoms with Gasteiger partial charge in [0.2, 0.25) is 0 Å². The van der Waals surface area contributed by atoms with Gasteiger partial charge in [-0.3, -0.25) is 0 Å². The average molecular weight is 293 g/mol. The minimum atomic E-state index is -0.543. The minimum Gasteiger partial charge on any atom is -0.480 e. The molecule has 0 atom stereocenters. The third-order valence-corrected chi connectivity index (χ3v) is 2.87. The summed E-state index contributed by atoms with van der Waals surface area (Å²) in [6.45, 7) is 0.144. The van der Waals surface area contributed by atoms with Crippen LogP contribution in [-0.4, -0.2) is 18.5 Å². The lowest BCUT2D eigenvalue weighted by molar-refractivity contribution is -0.130. The van der Waals surface area contributed by atoms with Crippen LogP contribution in [0.1, 0.15) is 11.3 Å². The first kappa shape index (κ1) is 13.7. The Morgan fingerprint density at radius 2 is 2.14 bits per heavy atom. The summed E-state index contributed by atoms with van der Waals surface area (Å²) >= 11 is 0. The minimum absolute atomic E-state index is 0.142. The first-order chi connectivity index (χ1) is 10.8. The van der Waals surface area contributed by atoms with E-state index in [2.05, 4.69) is 10.9 Å². The number of esters is 1. The largest absolute Gasteiger partial charge is 0.480 e. The van der Waals surface area contributed by atoms with E-state index < -0.39 is 5.97 Å². The molecule has 0 bridgehead atoms. The number of cyclic esters (lactones) is 1. The molecule has 1 aliphatic heterocycles. The number of furan rings is 1. The molecule has 0 radical (unpaired) electrons. The number of nitrogens with zero attached hydrogens (tertiary/aromatic N) is 1. The number of benzene rings is 1. The highest BCUT2D eigenvalue weighted by atomic mass is 16.6. The van der Waals surface area contributed by atoms with Crippen LogP contribution >= 0.6 is 0 Å². The topological polar surface area (TPSA) is 61.0 Å². The van der Waals surface area contributed by atoms with E-state index in [0.717, 1.165) is 0 Å². The lowest BCUT2D eigenvalue weighted by atomic mass is 10.1. The summed E-state index contributed by atoms with van der Waals surface area (Å²) in [6.07, 6.45) is 8.26. The van der Waals surface area contributed by atoms with Crippen LogP contribution in [0.15, 0.2) is 57.8 Å². The van der Waals surface area contributed by atoms with Crippen LogP contribution < -0.4 is 4.74 Å². The maximum absolute atomic E-state index is 11.9. The van der Waals surface area contributed by atoms with Gasteiger partial charge in [-0.1, -0.05) is 24.1 Å². The van der Waals surface area contributed by atoms with Crippen molar-refractivity contribution in [1.82, 2.24) is 0 Å². The van der Waals surface area contributed by atoms with E-state index >= 15 is 0 Å². The molecule has 1 aliphatic rings. The molecule has 5 nitrogen and oxygen atoms in total. The summed E-state index contributed by atoms with van der Waals surface area (Å²) in [5.41, 5.74) is 0.859. The summed E-state index contributed by atoms with van der Waals surface area (Å²) in [5, 5.41) is 0. The first-order valence-corrected chi connectivity index (χ1v) is 6.49. The van der Waals surface area contributed by atoms with Gasteiger partial charge in [0.1, 0.15) is 12.4 Å². The van der Waals surface area contributed by atoms with Gasteiger partial charge in [0.25, 0.3) is 5.90 Å². The van der Waals surface area contributed by atoms with Crippen molar-refractivity contribution in [2.75, 3.05) is 6.61 Å². The number of terminal acetylenes is 1. The number of aliphatic imine (C=N–C) groups is 1. The normalized spacial score (nSPS) is 15.3. The fourth-order valence-electron chi connectivity index (χ4n) is 1.91. The Bertz CT molecular complexity index is 794. The summed E-state index contributed by atoms with van der Waals surface area (Å²) in [7, 11) is 0. The fraction of sp³-hybridized carbons (Fsp3) is 0.0588. The third-order valence-electron chi connectivity index (χ3n) is 2.87. The van der Waals surface area contributed by atoms with Gasteiger partial charge in [0.15, 0.2) is 11.5 Å². The van der Waals surface area contributed by atoms with Crippen molar-refractivity contribution in [2.45, 2.75) is 0 Å². The quantitative estimate of drug-likeness (QED) is 0.494. The van der Waals surface area contributed by atoms with Crippen LogP contribution in [0.5, 0.6) is 5.75 Å². The SMILES string of the molecule is C#CCOc1ccccc1C=C1N=C(c2ccco2)OC1=O. The highest BCUT2D eigenvalue weighted by molar-refractivity contribution is 6.11. The maximum Gasteiger partial charge on any atom is 0.363 e. The van der Waals surface area contributed by atoms with E-state index in [0.29, 0.717) is 17.1 Å². The number of rotatable bonds is 4. The molecular formula is C17H11NO4. The van der Waals surface area contributed by atoms with Gasteiger partial charge in [0.05, 0.1) is 6.26 Å². The maximum atomic E-state index is 11.9. The molecule has 2 aromatic rings. The van der Waals surface area contributed by atoms with Crippen LogP contribution in [0.25, 0.3) is 6.08 Å². The van der Waals surface area contributed by atoms with Gasteiger partial charge in [-0.25, -0.2) is 9.79 Å². The Hall–Kier alpha value is -3.26. The van der Waals surface area contributed by atoms with E-state index in [-0.39, 0.29) is 18.2 Å². The van der Waals surface area contributed by atoms with Gasteiger partial charge in [-0.2, -0.15) is 0 Å². The number of para-hydroxylation sites is 1. The number of hydrogen-bond donors (Lipinski definition) is 0. The van der Waals surface area contributed by atoms with Crippen LogP contribution in [0.3, 0.4) is 0 Å². The van der Waals surface area contributed by atoms with E-state index in [1.54, 1.807) is 30.3 Å². The number of hydrogen-bond acceptors (Lipinski definition) is 5. The van der Waals surface area contributed by atoms with E-state index in [9.17, 15) is 4.79 Å². The second-order valence-electron chi connectivity index (χ2n) is 4.34. The molecule has 0 spiro atoms. The molecule has 0 amide bonds. The van der Waals surface area contributed by atoms with Crippen LogP contribution in [-0.2, 0) is 9.53 Å². The first-order valence-electron chi connectivity index (χ1n) is 6.49. The van der Waals surface area contributed by atoms with Crippen LogP contribution in [0, 0.1) is 12.3 Å². The summed E-state index contributed by atoms with van der Waals surface area (Å²) < 4.78 is 15.7. The summed E-state index contributed by atoms with van der Waals surface area (Å²) in [4.78, 5) is 16.0. The molecule has 0 fully saturated rings. The Balaban J connectivity index is 1.92. The molecule has 0 saturated carbocycles. The standard InChI is InChI=1S/C17H11NO4/c1-2-9-20-14-7-4-3-6-12(14)11-13-17(19)22-16(18-13)15-8-5-10-21-15/h1,3-8,10-11H,9H2. The third kappa shape index (κ3) is 2.76. The molecule has 0 aliphatic carbocycles. The monoisotopic (exact) mass is 293 g/mol. The lowest BCUT2D eigenvalue weighted by Gasteiger charge is -2.05. The van der Waals surface area contributed by atoms with Gasteiger partial charge in [-0.15, -0.1) is 6.42 Å². The van der Waals surface area contributed by atoms with Crippen molar-refractivity contribution in [3.63, 3.8) is 0 Å². The Labute approximate surface area is 126 Å². The molecule has 3 rings (SSSR count). The average Bonchev–Trinajstić information content (AvgIpc) is 3.17. The molecule has 5 heteroatoms. The van der Waals surface area contributed by atoms with E-state index in [4.69, 9.17) is 20.3 Å². The second-order valence-corrected chi connectivity index (χ2v) is 4.34. The molecule has 1 aromatic carbocycles. The Kier molecular flexibility index (Phi) is 3.75. The zero-order valence-electron chi connectivity index (χ0n) is 11.5. The zero-order valence-corrected chi connectivity index (χ0v) is 11.5. The van der Waals surface area contributed by atoms with Crippen molar-refractivity contribution >= 4 is 17.9 Å². The van der Waals surface area contributed by atoms with Gasteiger partial charge in [-0.05, 0) is 24.3 Å². The van der Waals surface area contributed by atoms with Crippen molar-refractivity contribution in [2.24, 2.45) is 4.99 Å². The molecule has 0 unspecified atom stereocenters. The summed E-state index contributed by atoms with van der Waals surface area (Å²) in [6, 6.07) is 10.6. The molecule has 0 N–H and O–H groups in total. The fourth-order valence-corrected chi connectivity index (χ4v) is 1.91. The molecule has 1 aromatic heterocycles. The van der Waals surface area contributed by atoms with Gasteiger partial charge < -0.3 is 13.9 Å². The number of carbonyl (C=O) groups excluding carboxylic acids is 1. The smallest absolute Gasteiger partial charge is 0.363 e. The zero-order chi connectivity index (χ0) is 15.4. The Morgan fingerprint density at radius 3 is 2.91 bits per heavy atom. The van der Waals surface area contributed by atoms with Gasteiger partial charge >= 0.3 is 5.97 Å². The second kappa shape index (κ2) is 6.02. The number of carbonyl (C=O) groups is 1. The molecule has 108 valence electrons. The highest BCUT2D eigenvalue weighted by Gasteiger charge is 2.26. The molecular weight excluding hydrogens is 282 g/mol. The molecule has 0 saturated heterocycles. The Morgan fingerprint density at radius 1 is 1.27 bits per heavy atom. The molecule has 2 heterocycles. The van der Waals surface area contributed by atoms with Crippen molar-refractivity contribution in [3.8, 4) is 18.1 Å². The summed E-state index contributed by atoms with van der Waals surface area (Å²) in [5.74, 6) is 2.96. The predicted octanol–water partition coefficient (Wildman–Crippen LogP) is 2.64.